The van der Waals surface area contributed by atoms with E-state index in [2.05, 4.69) is 45.5 Å². The van der Waals surface area contributed by atoms with Gasteiger partial charge in [0.2, 0.25) is 0 Å². The quantitative estimate of drug-likeness (QED) is 0.848. The monoisotopic (exact) mass is 346 g/mol. The van der Waals surface area contributed by atoms with Crippen LogP contribution in [0, 0.1) is 0 Å². The molecule has 130 valence electrons. The predicted octanol–water partition coefficient (Wildman–Crippen LogP) is 2.53. The Morgan fingerprint density at radius 2 is 1.75 bits per heavy atom. The smallest absolute Gasteiger partial charge is 0.0487 e. The van der Waals surface area contributed by atoms with Crippen LogP contribution in [0.2, 0.25) is 5.02 Å². The van der Waals surface area contributed by atoms with E-state index in [1.165, 1.54) is 48.3 Å². The Morgan fingerprint density at radius 1 is 0.958 bits per heavy atom. The number of benzene rings is 1. The number of piperazine rings is 1. The van der Waals surface area contributed by atoms with Crippen molar-refractivity contribution in [1.29, 1.82) is 0 Å². The molecule has 0 spiro atoms. The van der Waals surface area contributed by atoms with Gasteiger partial charge in [0.25, 0.3) is 0 Å². The molecule has 4 nitrogen and oxygen atoms in total. The summed E-state index contributed by atoms with van der Waals surface area (Å²) in [4.78, 5) is 7.43. The van der Waals surface area contributed by atoms with Gasteiger partial charge in [0.05, 0.1) is 0 Å². The molecule has 2 aromatic rings. The number of rotatable bonds is 3. The number of hydrogen-bond acceptors (Lipinski definition) is 3. The van der Waals surface area contributed by atoms with E-state index in [9.17, 15) is 0 Å². The number of fused-ring (bicyclic) bond motifs is 3. The van der Waals surface area contributed by atoms with Crippen LogP contribution in [0.4, 0.5) is 0 Å². The summed E-state index contributed by atoms with van der Waals surface area (Å²) < 4.78 is 2.56. The van der Waals surface area contributed by atoms with E-state index in [1.54, 1.807) is 0 Å². The summed E-state index contributed by atoms with van der Waals surface area (Å²) in [6.07, 6.45) is 1.14. The highest BCUT2D eigenvalue weighted by atomic mass is 35.5. The lowest BCUT2D eigenvalue weighted by Gasteiger charge is -2.32. The molecule has 0 atom stereocenters. The van der Waals surface area contributed by atoms with Crippen molar-refractivity contribution in [3.8, 4) is 0 Å². The van der Waals surface area contributed by atoms with Crippen molar-refractivity contribution < 1.29 is 0 Å². The van der Waals surface area contributed by atoms with Gasteiger partial charge in [-0.2, -0.15) is 0 Å². The summed E-state index contributed by atoms with van der Waals surface area (Å²) in [7, 11) is 4.42. The molecule has 1 aromatic heterocycles. The van der Waals surface area contributed by atoms with E-state index in [1.807, 2.05) is 6.07 Å². The Morgan fingerprint density at radius 3 is 2.54 bits per heavy atom. The summed E-state index contributed by atoms with van der Waals surface area (Å²) in [5.74, 6) is 0. The number of aromatic nitrogens is 1. The number of nitrogens with zero attached hydrogens (tertiary/aromatic N) is 4. The zero-order chi connectivity index (χ0) is 16.7. The van der Waals surface area contributed by atoms with E-state index in [0.29, 0.717) is 0 Å². The van der Waals surface area contributed by atoms with Crippen LogP contribution in [0.1, 0.15) is 11.3 Å². The van der Waals surface area contributed by atoms with Gasteiger partial charge >= 0.3 is 0 Å². The molecular formula is C19H27ClN4. The van der Waals surface area contributed by atoms with Gasteiger partial charge in [-0.3, -0.25) is 4.90 Å². The van der Waals surface area contributed by atoms with Crippen LogP contribution in [-0.4, -0.2) is 72.6 Å². The Kier molecular flexibility index (Phi) is 4.56. The molecule has 1 saturated heterocycles. The molecule has 24 heavy (non-hydrogen) atoms. The van der Waals surface area contributed by atoms with Gasteiger partial charge in [0, 0.05) is 80.4 Å². The molecule has 0 radical (unpaired) electrons. The van der Waals surface area contributed by atoms with Gasteiger partial charge in [-0.25, -0.2) is 0 Å². The maximum Gasteiger partial charge on any atom is 0.0487 e. The molecule has 0 aliphatic carbocycles. The standard InChI is InChI=1S/C19H27ClN4/c1-21-7-9-23(10-8-21)11-12-24-18-4-3-15(20)13-16(18)17-14-22(2)6-5-19(17)24/h3-4,13H,5-12,14H2,1-2H3. The molecule has 4 rings (SSSR count). The van der Waals surface area contributed by atoms with Crippen molar-refractivity contribution in [1.82, 2.24) is 19.3 Å². The van der Waals surface area contributed by atoms with Crippen molar-refractivity contribution in [2.24, 2.45) is 0 Å². The van der Waals surface area contributed by atoms with Crippen LogP contribution in [0.5, 0.6) is 0 Å². The molecule has 0 amide bonds. The largest absolute Gasteiger partial charge is 0.343 e. The lowest BCUT2D eigenvalue weighted by Crippen LogP contribution is -2.45. The fraction of sp³-hybridized carbons (Fsp3) is 0.579. The Hall–Kier alpha value is -1.07. The summed E-state index contributed by atoms with van der Waals surface area (Å²) in [5, 5.41) is 2.19. The molecule has 2 aliphatic heterocycles. The van der Waals surface area contributed by atoms with Crippen molar-refractivity contribution in [3.05, 3.63) is 34.5 Å². The highest BCUT2D eigenvalue weighted by molar-refractivity contribution is 6.31. The van der Waals surface area contributed by atoms with Gasteiger partial charge in [0.15, 0.2) is 0 Å². The van der Waals surface area contributed by atoms with Crippen molar-refractivity contribution >= 4 is 22.5 Å². The highest BCUT2D eigenvalue weighted by Crippen LogP contribution is 2.32. The Labute approximate surface area is 149 Å². The van der Waals surface area contributed by atoms with Gasteiger partial charge in [-0.15, -0.1) is 0 Å². The minimum Gasteiger partial charge on any atom is -0.343 e. The second-order valence-corrected chi connectivity index (χ2v) is 7.81. The summed E-state index contributed by atoms with van der Waals surface area (Å²) >= 11 is 6.28. The first-order valence-electron chi connectivity index (χ1n) is 9.01. The third-order valence-corrected chi connectivity index (χ3v) is 5.88. The van der Waals surface area contributed by atoms with Crippen molar-refractivity contribution in [3.63, 3.8) is 0 Å². The van der Waals surface area contributed by atoms with Crippen LogP contribution in [-0.2, 0) is 19.5 Å². The molecule has 1 aromatic carbocycles. The average Bonchev–Trinajstić information content (AvgIpc) is 2.87. The second-order valence-electron chi connectivity index (χ2n) is 7.37. The van der Waals surface area contributed by atoms with Gasteiger partial charge < -0.3 is 14.4 Å². The lowest BCUT2D eigenvalue weighted by atomic mass is 10.1. The van der Waals surface area contributed by atoms with Crippen molar-refractivity contribution in [2.45, 2.75) is 19.5 Å². The normalized spacial score (nSPS) is 20.6. The number of hydrogen-bond donors (Lipinski definition) is 0. The van der Waals surface area contributed by atoms with Gasteiger partial charge in [-0.1, -0.05) is 11.6 Å². The van der Waals surface area contributed by atoms with Crippen LogP contribution in [0.25, 0.3) is 10.9 Å². The first kappa shape index (κ1) is 16.4. The van der Waals surface area contributed by atoms with Crippen LogP contribution in [0.3, 0.4) is 0 Å². The highest BCUT2D eigenvalue weighted by Gasteiger charge is 2.23. The zero-order valence-corrected chi connectivity index (χ0v) is 15.5. The second kappa shape index (κ2) is 6.68. The molecule has 2 aliphatic rings. The predicted molar refractivity (Wildman–Crippen MR) is 101 cm³/mol. The minimum atomic E-state index is 0.842. The molecule has 5 heteroatoms. The van der Waals surface area contributed by atoms with Crippen LogP contribution >= 0.6 is 11.6 Å². The average molecular weight is 347 g/mol. The summed E-state index contributed by atoms with van der Waals surface area (Å²) in [6, 6.07) is 6.40. The first-order chi connectivity index (χ1) is 11.6. The molecule has 0 unspecified atom stereocenters. The summed E-state index contributed by atoms with van der Waals surface area (Å²) in [6.45, 7) is 9.15. The SMILES string of the molecule is CN1CCN(CCn2c3c(c4cc(Cl)ccc42)CN(C)CC3)CC1. The van der Waals surface area contributed by atoms with E-state index in [-0.39, 0.29) is 0 Å². The first-order valence-corrected chi connectivity index (χ1v) is 9.38. The maximum absolute atomic E-state index is 6.28. The molecular weight excluding hydrogens is 320 g/mol. The molecule has 1 fully saturated rings. The topological polar surface area (TPSA) is 14.7 Å². The summed E-state index contributed by atoms with van der Waals surface area (Å²) in [5.41, 5.74) is 4.37. The Bertz CT molecular complexity index is 731. The van der Waals surface area contributed by atoms with Crippen LogP contribution < -0.4 is 0 Å². The zero-order valence-electron chi connectivity index (χ0n) is 14.8. The molecule has 0 bridgehead atoms. The van der Waals surface area contributed by atoms with Crippen molar-refractivity contribution in [2.75, 3.05) is 53.4 Å². The number of halogens is 1. The molecule has 0 saturated carbocycles. The molecule has 0 N–H and O–H groups in total. The minimum absolute atomic E-state index is 0.842. The molecule has 3 heterocycles. The van der Waals surface area contributed by atoms with E-state index in [0.717, 1.165) is 37.6 Å². The van der Waals surface area contributed by atoms with E-state index < -0.39 is 0 Å². The third-order valence-electron chi connectivity index (χ3n) is 5.64. The van der Waals surface area contributed by atoms with Gasteiger partial charge in [0.1, 0.15) is 0 Å². The maximum atomic E-state index is 6.28. The fourth-order valence-electron chi connectivity index (χ4n) is 4.13. The Balaban J connectivity index is 1.62. The van der Waals surface area contributed by atoms with E-state index >= 15 is 0 Å². The van der Waals surface area contributed by atoms with Gasteiger partial charge in [-0.05, 0) is 37.9 Å². The lowest BCUT2D eigenvalue weighted by molar-refractivity contribution is 0.150. The third kappa shape index (κ3) is 3.08. The fourth-order valence-corrected chi connectivity index (χ4v) is 4.30. The number of likely N-dealkylation sites (N-methyl/N-ethyl adjacent to an activating group) is 2. The van der Waals surface area contributed by atoms with Crippen LogP contribution in [0.15, 0.2) is 18.2 Å². The van der Waals surface area contributed by atoms with E-state index in [4.69, 9.17) is 11.6 Å².